The summed E-state index contributed by atoms with van der Waals surface area (Å²) in [4.78, 5) is 10.5. The fourth-order valence-corrected chi connectivity index (χ4v) is 2.19. The van der Waals surface area contributed by atoms with Crippen LogP contribution in [0.4, 0.5) is 15.8 Å². The standard InChI is InChI=1S/C16H17FN2O2/c1-3-14(12-6-4-11(2)5-7-12)18-15-10-13(17)8-9-16(15)19(20)21/h4-10,14,18H,3H2,1-2H3. The van der Waals surface area contributed by atoms with Crippen LogP contribution in [0.15, 0.2) is 42.5 Å². The van der Waals surface area contributed by atoms with Gasteiger partial charge in [0, 0.05) is 12.1 Å². The van der Waals surface area contributed by atoms with Crippen molar-refractivity contribution in [3.8, 4) is 0 Å². The van der Waals surface area contributed by atoms with Gasteiger partial charge in [0.15, 0.2) is 0 Å². The zero-order valence-electron chi connectivity index (χ0n) is 12.0. The van der Waals surface area contributed by atoms with E-state index in [4.69, 9.17) is 0 Å². The quantitative estimate of drug-likeness (QED) is 0.646. The first-order valence-corrected chi connectivity index (χ1v) is 6.78. The fourth-order valence-electron chi connectivity index (χ4n) is 2.19. The smallest absolute Gasteiger partial charge is 0.292 e. The molecular weight excluding hydrogens is 271 g/mol. The summed E-state index contributed by atoms with van der Waals surface area (Å²) in [5.74, 6) is -0.498. The second-order valence-corrected chi connectivity index (χ2v) is 4.93. The number of nitro groups is 1. The predicted octanol–water partition coefficient (Wildman–Crippen LogP) is 4.61. The average molecular weight is 288 g/mol. The van der Waals surface area contributed by atoms with E-state index in [1.807, 2.05) is 38.1 Å². The third kappa shape index (κ3) is 3.56. The summed E-state index contributed by atoms with van der Waals surface area (Å²) < 4.78 is 13.4. The molecular formula is C16H17FN2O2. The van der Waals surface area contributed by atoms with Crippen molar-refractivity contribution in [1.82, 2.24) is 0 Å². The van der Waals surface area contributed by atoms with Crippen LogP contribution in [0.3, 0.4) is 0 Å². The van der Waals surface area contributed by atoms with Gasteiger partial charge in [0.1, 0.15) is 11.5 Å². The molecule has 0 bridgehead atoms. The molecule has 110 valence electrons. The number of hydrogen-bond donors (Lipinski definition) is 1. The molecule has 0 fully saturated rings. The van der Waals surface area contributed by atoms with Gasteiger partial charge in [-0.25, -0.2) is 4.39 Å². The minimum atomic E-state index is -0.510. The predicted molar refractivity (Wildman–Crippen MR) is 80.9 cm³/mol. The van der Waals surface area contributed by atoms with Gasteiger partial charge in [-0.1, -0.05) is 36.8 Å². The van der Waals surface area contributed by atoms with Gasteiger partial charge in [0.05, 0.1) is 11.0 Å². The lowest BCUT2D eigenvalue weighted by Crippen LogP contribution is -2.11. The highest BCUT2D eigenvalue weighted by molar-refractivity contribution is 5.62. The second-order valence-electron chi connectivity index (χ2n) is 4.93. The number of benzene rings is 2. The molecule has 0 aliphatic heterocycles. The normalized spacial score (nSPS) is 12.0. The molecule has 1 atom stereocenters. The van der Waals surface area contributed by atoms with Crippen molar-refractivity contribution in [3.63, 3.8) is 0 Å². The molecule has 0 saturated carbocycles. The minimum Gasteiger partial charge on any atom is -0.373 e. The van der Waals surface area contributed by atoms with Crippen molar-refractivity contribution in [2.75, 3.05) is 5.32 Å². The SMILES string of the molecule is CCC(Nc1cc(F)ccc1[N+](=O)[O-])c1ccc(C)cc1. The highest BCUT2D eigenvalue weighted by Crippen LogP contribution is 2.30. The summed E-state index contributed by atoms with van der Waals surface area (Å²) in [6.07, 6.45) is 0.733. The fraction of sp³-hybridized carbons (Fsp3) is 0.250. The Morgan fingerprint density at radius 3 is 2.48 bits per heavy atom. The molecule has 2 aromatic rings. The Bertz CT molecular complexity index is 641. The molecule has 0 aromatic heterocycles. The van der Waals surface area contributed by atoms with Crippen LogP contribution in [0.5, 0.6) is 0 Å². The maximum Gasteiger partial charge on any atom is 0.292 e. The number of anilines is 1. The number of nitro benzene ring substituents is 1. The first kappa shape index (κ1) is 15.0. The van der Waals surface area contributed by atoms with Crippen LogP contribution in [0, 0.1) is 22.9 Å². The average Bonchev–Trinajstić information content (AvgIpc) is 2.45. The lowest BCUT2D eigenvalue weighted by Gasteiger charge is -2.19. The number of nitrogens with zero attached hydrogens (tertiary/aromatic N) is 1. The molecule has 0 amide bonds. The number of aryl methyl sites for hydroxylation is 1. The summed E-state index contributed by atoms with van der Waals surface area (Å²) in [5, 5.41) is 14.1. The van der Waals surface area contributed by atoms with Gasteiger partial charge < -0.3 is 5.32 Å². The van der Waals surface area contributed by atoms with Crippen LogP contribution < -0.4 is 5.32 Å². The van der Waals surface area contributed by atoms with E-state index < -0.39 is 10.7 Å². The van der Waals surface area contributed by atoms with Crippen LogP contribution in [0.25, 0.3) is 0 Å². The molecule has 0 aliphatic carbocycles. The van der Waals surface area contributed by atoms with Gasteiger partial charge in [-0.2, -0.15) is 0 Å². The molecule has 2 rings (SSSR count). The largest absolute Gasteiger partial charge is 0.373 e. The first-order valence-electron chi connectivity index (χ1n) is 6.78. The highest BCUT2D eigenvalue weighted by atomic mass is 19.1. The van der Waals surface area contributed by atoms with Gasteiger partial charge in [0.2, 0.25) is 0 Å². The Morgan fingerprint density at radius 2 is 1.90 bits per heavy atom. The maximum absolute atomic E-state index is 13.4. The third-order valence-electron chi connectivity index (χ3n) is 3.37. The van der Waals surface area contributed by atoms with E-state index in [0.29, 0.717) is 0 Å². The summed E-state index contributed by atoms with van der Waals surface area (Å²) in [7, 11) is 0. The van der Waals surface area contributed by atoms with Crippen LogP contribution in [-0.2, 0) is 0 Å². The lowest BCUT2D eigenvalue weighted by atomic mass is 10.0. The van der Waals surface area contributed by atoms with Crippen molar-refractivity contribution in [1.29, 1.82) is 0 Å². The molecule has 1 unspecified atom stereocenters. The zero-order chi connectivity index (χ0) is 15.4. The summed E-state index contributed by atoms with van der Waals surface area (Å²) in [5.41, 5.74) is 2.24. The molecule has 0 aliphatic rings. The Hall–Kier alpha value is -2.43. The van der Waals surface area contributed by atoms with Gasteiger partial charge >= 0.3 is 0 Å². The summed E-state index contributed by atoms with van der Waals surface area (Å²) in [6, 6.07) is 11.2. The van der Waals surface area contributed by atoms with Crippen molar-refractivity contribution in [3.05, 3.63) is 69.5 Å². The van der Waals surface area contributed by atoms with E-state index in [2.05, 4.69) is 5.32 Å². The van der Waals surface area contributed by atoms with Gasteiger partial charge in [-0.15, -0.1) is 0 Å². The van der Waals surface area contributed by atoms with E-state index in [0.717, 1.165) is 29.7 Å². The summed E-state index contributed by atoms with van der Waals surface area (Å²) >= 11 is 0. The Balaban J connectivity index is 2.32. The van der Waals surface area contributed by atoms with Crippen LogP contribution in [0.1, 0.15) is 30.5 Å². The van der Waals surface area contributed by atoms with Crippen molar-refractivity contribution < 1.29 is 9.31 Å². The van der Waals surface area contributed by atoms with Crippen molar-refractivity contribution in [2.45, 2.75) is 26.3 Å². The number of rotatable bonds is 5. The third-order valence-corrected chi connectivity index (χ3v) is 3.37. The van der Waals surface area contributed by atoms with E-state index >= 15 is 0 Å². The van der Waals surface area contributed by atoms with Crippen LogP contribution in [0.2, 0.25) is 0 Å². The van der Waals surface area contributed by atoms with Gasteiger partial charge in [-0.3, -0.25) is 10.1 Å². The molecule has 0 heterocycles. The maximum atomic E-state index is 13.4. The topological polar surface area (TPSA) is 55.2 Å². The molecule has 1 N–H and O–H groups in total. The van der Waals surface area contributed by atoms with Gasteiger partial charge in [-0.05, 0) is 25.0 Å². The number of hydrogen-bond acceptors (Lipinski definition) is 3. The monoisotopic (exact) mass is 288 g/mol. The first-order chi connectivity index (χ1) is 10.0. The number of halogens is 1. The van der Waals surface area contributed by atoms with E-state index in [1.54, 1.807) is 0 Å². The highest BCUT2D eigenvalue weighted by Gasteiger charge is 2.18. The van der Waals surface area contributed by atoms with Crippen molar-refractivity contribution in [2.24, 2.45) is 0 Å². The van der Waals surface area contributed by atoms with E-state index in [9.17, 15) is 14.5 Å². The molecule has 5 heteroatoms. The zero-order valence-corrected chi connectivity index (χ0v) is 12.0. The van der Waals surface area contributed by atoms with Crippen LogP contribution in [-0.4, -0.2) is 4.92 Å². The van der Waals surface area contributed by atoms with Gasteiger partial charge in [0.25, 0.3) is 5.69 Å². The van der Waals surface area contributed by atoms with Crippen LogP contribution >= 0.6 is 0 Å². The molecule has 0 radical (unpaired) electrons. The lowest BCUT2D eigenvalue weighted by molar-refractivity contribution is -0.384. The Morgan fingerprint density at radius 1 is 1.24 bits per heavy atom. The molecule has 0 spiro atoms. The molecule has 4 nitrogen and oxygen atoms in total. The second kappa shape index (κ2) is 6.35. The van der Waals surface area contributed by atoms with E-state index in [1.165, 1.54) is 6.07 Å². The molecule has 0 saturated heterocycles. The number of nitrogens with one attached hydrogen (secondary N) is 1. The molecule has 2 aromatic carbocycles. The Kier molecular flexibility index (Phi) is 4.52. The van der Waals surface area contributed by atoms with E-state index in [-0.39, 0.29) is 17.4 Å². The molecule has 21 heavy (non-hydrogen) atoms. The Labute approximate surface area is 122 Å². The minimum absolute atomic E-state index is 0.105. The van der Waals surface area contributed by atoms with Crippen molar-refractivity contribution >= 4 is 11.4 Å². The summed E-state index contributed by atoms with van der Waals surface area (Å²) in [6.45, 7) is 3.97.